The number of rotatable bonds is 6. The predicted octanol–water partition coefficient (Wildman–Crippen LogP) is 5.77. The molecule has 0 aliphatic carbocycles. The van der Waals surface area contributed by atoms with Crippen LogP contribution in [0.5, 0.6) is 0 Å². The number of benzene rings is 2. The van der Waals surface area contributed by atoms with E-state index in [9.17, 15) is 9.59 Å². The summed E-state index contributed by atoms with van der Waals surface area (Å²) >= 11 is 1.29. The van der Waals surface area contributed by atoms with Gasteiger partial charge in [0, 0.05) is 11.6 Å². The van der Waals surface area contributed by atoms with E-state index in [4.69, 9.17) is 9.15 Å². The first-order valence-corrected chi connectivity index (χ1v) is 10.6. The third-order valence-electron chi connectivity index (χ3n) is 4.28. The number of hydrogen-bond acceptors (Lipinski definition) is 6. The molecule has 156 valence electrons. The molecule has 0 saturated heterocycles. The van der Waals surface area contributed by atoms with Gasteiger partial charge in [-0.2, -0.15) is 0 Å². The minimum Gasteiger partial charge on any atom is -0.459 e. The number of carbonyl (C=O) groups excluding carboxylic acids is 2. The van der Waals surface area contributed by atoms with E-state index in [1.807, 2.05) is 42.5 Å². The van der Waals surface area contributed by atoms with Gasteiger partial charge in [0.25, 0.3) is 0 Å². The number of carbonyl (C=O) groups is 2. The van der Waals surface area contributed by atoms with Gasteiger partial charge in [0.1, 0.15) is 11.5 Å². The van der Waals surface area contributed by atoms with Crippen molar-refractivity contribution in [3.63, 3.8) is 0 Å². The van der Waals surface area contributed by atoms with Crippen LogP contribution in [-0.4, -0.2) is 23.0 Å². The van der Waals surface area contributed by atoms with Crippen LogP contribution >= 0.6 is 11.3 Å². The van der Waals surface area contributed by atoms with E-state index in [0.29, 0.717) is 22.0 Å². The minimum atomic E-state index is -0.382. The molecule has 7 heteroatoms. The maximum absolute atomic E-state index is 12.3. The summed E-state index contributed by atoms with van der Waals surface area (Å²) in [5, 5.41) is 3.19. The third-order valence-corrected chi connectivity index (χ3v) is 5.21. The van der Waals surface area contributed by atoms with Crippen LogP contribution in [0.3, 0.4) is 0 Å². The van der Waals surface area contributed by atoms with Crippen LogP contribution in [-0.2, 0) is 9.53 Å². The maximum Gasteiger partial charge on any atom is 0.338 e. The van der Waals surface area contributed by atoms with Gasteiger partial charge in [-0.3, -0.25) is 10.1 Å². The Morgan fingerprint density at radius 3 is 2.68 bits per heavy atom. The highest BCUT2D eigenvalue weighted by atomic mass is 32.1. The molecule has 0 saturated carbocycles. The lowest BCUT2D eigenvalue weighted by atomic mass is 10.2. The topological polar surface area (TPSA) is 81.4 Å². The van der Waals surface area contributed by atoms with Gasteiger partial charge in [-0.05, 0) is 50.3 Å². The minimum absolute atomic E-state index is 0.191. The molecule has 2 aromatic carbocycles. The summed E-state index contributed by atoms with van der Waals surface area (Å²) in [4.78, 5) is 28.7. The van der Waals surface area contributed by atoms with E-state index in [1.54, 1.807) is 38.1 Å². The number of nitrogens with zero attached hydrogens (tertiary/aromatic N) is 1. The lowest BCUT2D eigenvalue weighted by Gasteiger charge is -2.07. The molecule has 0 unspecified atom stereocenters. The first kappa shape index (κ1) is 20.6. The summed E-state index contributed by atoms with van der Waals surface area (Å²) in [6, 6.07) is 18.5. The molecule has 4 aromatic rings. The van der Waals surface area contributed by atoms with Crippen molar-refractivity contribution in [1.29, 1.82) is 0 Å². The number of aromatic nitrogens is 1. The number of ether oxygens (including phenoxy) is 1. The van der Waals surface area contributed by atoms with Crippen molar-refractivity contribution in [3.8, 4) is 11.3 Å². The number of thiazole rings is 1. The van der Waals surface area contributed by atoms with Crippen LogP contribution < -0.4 is 5.32 Å². The van der Waals surface area contributed by atoms with Gasteiger partial charge in [-0.15, -0.1) is 0 Å². The molecule has 0 aliphatic heterocycles. The highest BCUT2D eigenvalue weighted by Crippen LogP contribution is 2.27. The lowest BCUT2D eigenvalue weighted by Crippen LogP contribution is -2.11. The summed E-state index contributed by atoms with van der Waals surface area (Å²) < 4.78 is 11.8. The molecule has 31 heavy (non-hydrogen) atoms. The van der Waals surface area contributed by atoms with Crippen LogP contribution in [0.4, 0.5) is 5.13 Å². The molecular formula is C24H20N2O4S. The van der Waals surface area contributed by atoms with E-state index < -0.39 is 0 Å². The first-order chi connectivity index (χ1) is 15.0. The molecule has 0 spiro atoms. The van der Waals surface area contributed by atoms with E-state index in [-0.39, 0.29) is 18.0 Å². The Kier molecular flexibility index (Phi) is 5.95. The van der Waals surface area contributed by atoms with Crippen molar-refractivity contribution in [2.24, 2.45) is 0 Å². The maximum atomic E-state index is 12.3. The van der Waals surface area contributed by atoms with Gasteiger partial charge in [-0.1, -0.05) is 41.7 Å². The smallest absolute Gasteiger partial charge is 0.338 e. The first-order valence-electron chi connectivity index (χ1n) is 9.74. The summed E-state index contributed by atoms with van der Waals surface area (Å²) in [5.41, 5.74) is 2.12. The van der Waals surface area contributed by atoms with Crippen LogP contribution in [0.25, 0.3) is 27.6 Å². The van der Waals surface area contributed by atoms with Crippen LogP contribution in [0.2, 0.25) is 0 Å². The highest BCUT2D eigenvalue weighted by Gasteiger charge is 2.13. The summed E-state index contributed by atoms with van der Waals surface area (Å²) in [6.45, 7) is 3.60. The zero-order chi connectivity index (χ0) is 21.8. The van der Waals surface area contributed by atoms with E-state index in [1.165, 1.54) is 17.4 Å². The average molecular weight is 433 g/mol. The third kappa shape index (κ3) is 5.07. The number of fused-ring (bicyclic) bond motifs is 1. The van der Waals surface area contributed by atoms with Crippen molar-refractivity contribution >= 4 is 44.6 Å². The molecule has 2 aromatic heterocycles. The Labute approximate surface area is 183 Å². The van der Waals surface area contributed by atoms with Crippen LogP contribution in [0.15, 0.2) is 71.2 Å². The highest BCUT2D eigenvalue weighted by molar-refractivity contribution is 7.22. The fourth-order valence-electron chi connectivity index (χ4n) is 2.89. The largest absolute Gasteiger partial charge is 0.459 e. The zero-order valence-electron chi connectivity index (χ0n) is 17.0. The van der Waals surface area contributed by atoms with Gasteiger partial charge >= 0.3 is 5.97 Å². The molecular weight excluding hydrogens is 412 g/mol. The predicted molar refractivity (Wildman–Crippen MR) is 122 cm³/mol. The van der Waals surface area contributed by atoms with Crippen molar-refractivity contribution in [2.75, 3.05) is 5.32 Å². The average Bonchev–Trinajstić information content (AvgIpc) is 3.38. The van der Waals surface area contributed by atoms with Gasteiger partial charge < -0.3 is 9.15 Å². The molecule has 0 aliphatic rings. The summed E-state index contributed by atoms with van der Waals surface area (Å²) in [5.74, 6) is 0.605. The Morgan fingerprint density at radius 1 is 1.10 bits per heavy atom. The second kappa shape index (κ2) is 8.97. The number of esters is 1. The second-order valence-corrected chi connectivity index (χ2v) is 8.08. The number of hydrogen-bond donors (Lipinski definition) is 1. The summed E-state index contributed by atoms with van der Waals surface area (Å²) in [7, 11) is 0. The van der Waals surface area contributed by atoms with Gasteiger partial charge in [0.15, 0.2) is 5.13 Å². The van der Waals surface area contributed by atoms with E-state index in [0.717, 1.165) is 16.0 Å². The Hall–Kier alpha value is -3.71. The molecule has 2 heterocycles. The van der Waals surface area contributed by atoms with Gasteiger partial charge in [0.05, 0.1) is 21.9 Å². The molecule has 1 amide bonds. The Balaban J connectivity index is 1.42. The molecule has 0 atom stereocenters. The fourth-order valence-corrected chi connectivity index (χ4v) is 3.80. The Bertz CT molecular complexity index is 1260. The molecule has 4 rings (SSSR count). The van der Waals surface area contributed by atoms with Gasteiger partial charge in [-0.25, -0.2) is 9.78 Å². The van der Waals surface area contributed by atoms with E-state index >= 15 is 0 Å². The number of nitrogens with one attached hydrogen (secondary N) is 1. The van der Waals surface area contributed by atoms with Crippen LogP contribution in [0, 0.1) is 0 Å². The molecule has 6 nitrogen and oxygen atoms in total. The van der Waals surface area contributed by atoms with Crippen molar-refractivity contribution < 1.29 is 18.7 Å². The molecule has 0 radical (unpaired) electrons. The number of amides is 1. The fraction of sp³-hybridized carbons (Fsp3) is 0.125. The van der Waals surface area contributed by atoms with Crippen LogP contribution in [0.1, 0.15) is 30.0 Å². The quantitative estimate of drug-likeness (QED) is 0.309. The number of furan rings is 1. The van der Waals surface area contributed by atoms with Crippen molar-refractivity contribution in [1.82, 2.24) is 4.98 Å². The molecule has 1 N–H and O–H groups in total. The normalized spacial score (nSPS) is 11.3. The van der Waals surface area contributed by atoms with Gasteiger partial charge in [0.2, 0.25) is 5.91 Å². The monoisotopic (exact) mass is 432 g/mol. The molecule has 0 bridgehead atoms. The zero-order valence-corrected chi connectivity index (χ0v) is 17.8. The van der Waals surface area contributed by atoms with E-state index in [2.05, 4.69) is 10.3 Å². The molecule has 0 fully saturated rings. The second-order valence-electron chi connectivity index (χ2n) is 7.05. The SMILES string of the molecule is CC(C)OC(=O)c1ccc2nc(NC(=O)/C=C/c3ccc(-c4ccccc4)o3)sc2c1. The summed E-state index contributed by atoms with van der Waals surface area (Å²) in [6.07, 6.45) is 2.81. The Morgan fingerprint density at radius 2 is 1.90 bits per heavy atom. The van der Waals surface area contributed by atoms with Crippen molar-refractivity contribution in [3.05, 3.63) is 78.1 Å². The number of anilines is 1. The standard InChI is InChI=1S/C24H20N2O4S/c1-15(2)29-23(28)17-8-11-19-21(14-17)31-24(25-19)26-22(27)13-10-18-9-12-20(30-18)16-6-4-3-5-7-16/h3-15H,1-2H3,(H,25,26,27)/b13-10+. The van der Waals surface area contributed by atoms with Crippen molar-refractivity contribution in [2.45, 2.75) is 20.0 Å². The lowest BCUT2D eigenvalue weighted by molar-refractivity contribution is -0.111.